The minimum atomic E-state index is -0.512. The summed E-state index contributed by atoms with van der Waals surface area (Å²) >= 11 is 0. The van der Waals surface area contributed by atoms with E-state index < -0.39 is 5.97 Å². The highest BCUT2D eigenvalue weighted by Gasteiger charge is 2.15. The van der Waals surface area contributed by atoms with Crippen molar-refractivity contribution in [3.05, 3.63) is 23.5 Å². The molecule has 0 saturated heterocycles. The molecule has 6 heteroatoms. The Hall–Kier alpha value is -2.37. The third-order valence-electron chi connectivity index (χ3n) is 2.72. The van der Waals surface area contributed by atoms with Crippen molar-refractivity contribution in [3.63, 3.8) is 0 Å². The Morgan fingerprint density at radius 3 is 2.00 bits per heavy atom. The minimum absolute atomic E-state index is 0.196. The minimum Gasteiger partial charge on any atom is -0.493 e. The standard InChI is InChI=1S/C13H14N2O4/c1-7-12(13(16)19-4)15-9-6-11(18-3)10(17-2)5-8(9)14-7/h5-6H,1-4H3. The van der Waals surface area contributed by atoms with Crippen LogP contribution in [0.2, 0.25) is 0 Å². The molecule has 0 aliphatic heterocycles. The number of hydrogen-bond acceptors (Lipinski definition) is 6. The fraction of sp³-hybridized carbons (Fsp3) is 0.308. The van der Waals surface area contributed by atoms with E-state index >= 15 is 0 Å². The molecule has 0 bridgehead atoms. The molecule has 0 radical (unpaired) electrons. The highest BCUT2D eigenvalue weighted by molar-refractivity contribution is 5.91. The molecule has 0 saturated carbocycles. The summed E-state index contributed by atoms with van der Waals surface area (Å²) < 4.78 is 15.1. The predicted molar refractivity (Wildman–Crippen MR) is 68.7 cm³/mol. The summed E-state index contributed by atoms with van der Waals surface area (Å²) in [4.78, 5) is 20.2. The van der Waals surface area contributed by atoms with Gasteiger partial charge in [0.25, 0.3) is 0 Å². The van der Waals surface area contributed by atoms with Crippen molar-refractivity contribution in [1.82, 2.24) is 9.97 Å². The molecule has 0 aliphatic carbocycles. The van der Waals surface area contributed by atoms with Crippen LogP contribution in [0.25, 0.3) is 11.0 Å². The number of nitrogens with zero attached hydrogens (tertiary/aromatic N) is 2. The first-order valence-electron chi connectivity index (χ1n) is 5.59. The van der Waals surface area contributed by atoms with Crippen molar-refractivity contribution in [1.29, 1.82) is 0 Å². The van der Waals surface area contributed by atoms with E-state index in [2.05, 4.69) is 14.7 Å². The molecule has 0 N–H and O–H groups in total. The first-order chi connectivity index (χ1) is 9.10. The van der Waals surface area contributed by atoms with Crippen LogP contribution >= 0.6 is 0 Å². The van der Waals surface area contributed by atoms with Crippen molar-refractivity contribution in [2.75, 3.05) is 21.3 Å². The molecule has 100 valence electrons. The van der Waals surface area contributed by atoms with Crippen molar-refractivity contribution in [3.8, 4) is 11.5 Å². The van der Waals surface area contributed by atoms with Gasteiger partial charge in [-0.3, -0.25) is 0 Å². The van der Waals surface area contributed by atoms with Gasteiger partial charge in [0.05, 0.1) is 38.1 Å². The zero-order chi connectivity index (χ0) is 14.0. The third kappa shape index (κ3) is 2.29. The molecule has 1 aromatic carbocycles. The zero-order valence-electron chi connectivity index (χ0n) is 11.2. The average Bonchev–Trinajstić information content (AvgIpc) is 2.44. The van der Waals surface area contributed by atoms with Gasteiger partial charge in [0.15, 0.2) is 17.2 Å². The Balaban J connectivity index is 2.68. The highest BCUT2D eigenvalue weighted by Crippen LogP contribution is 2.30. The molecule has 0 fully saturated rings. The molecule has 19 heavy (non-hydrogen) atoms. The maximum atomic E-state index is 11.6. The molecule has 6 nitrogen and oxygen atoms in total. The van der Waals surface area contributed by atoms with E-state index in [0.29, 0.717) is 28.2 Å². The molecular formula is C13H14N2O4. The van der Waals surface area contributed by atoms with Crippen molar-refractivity contribution in [2.45, 2.75) is 6.92 Å². The van der Waals surface area contributed by atoms with Gasteiger partial charge in [-0.25, -0.2) is 14.8 Å². The Morgan fingerprint density at radius 2 is 1.53 bits per heavy atom. The largest absolute Gasteiger partial charge is 0.493 e. The Bertz CT molecular complexity index is 640. The van der Waals surface area contributed by atoms with E-state index in [1.54, 1.807) is 26.2 Å². The molecule has 1 heterocycles. The summed E-state index contributed by atoms with van der Waals surface area (Å²) in [6, 6.07) is 3.39. The van der Waals surface area contributed by atoms with E-state index in [-0.39, 0.29) is 5.69 Å². The molecule has 0 aliphatic rings. The first-order valence-corrected chi connectivity index (χ1v) is 5.59. The number of ether oxygens (including phenoxy) is 3. The average molecular weight is 262 g/mol. The van der Waals surface area contributed by atoms with Crippen molar-refractivity contribution >= 4 is 17.0 Å². The number of fused-ring (bicyclic) bond motifs is 1. The summed E-state index contributed by atoms with van der Waals surface area (Å²) in [6.45, 7) is 1.70. The SMILES string of the molecule is COC(=O)c1nc2cc(OC)c(OC)cc2nc1C. The van der Waals surface area contributed by atoms with Crippen LogP contribution in [0, 0.1) is 6.92 Å². The Morgan fingerprint density at radius 1 is 1.00 bits per heavy atom. The van der Waals surface area contributed by atoms with Crippen LogP contribution in [0.4, 0.5) is 0 Å². The maximum Gasteiger partial charge on any atom is 0.358 e. The lowest BCUT2D eigenvalue weighted by molar-refractivity contribution is 0.0593. The molecule has 1 aromatic heterocycles. The van der Waals surface area contributed by atoms with Gasteiger partial charge in [0, 0.05) is 12.1 Å². The summed E-state index contributed by atoms with van der Waals surface area (Å²) in [7, 11) is 4.39. The maximum absolute atomic E-state index is 11.6. The van der Waals surface area contributed by atoms with Gasteiger partial charge in [0.2, 0.25) is 0 Å². The quantitative estimate of drug-likeness (QED) is 0.785. The lowest BCUT2D eigenvalue weighted by Gasteiger charge is -2.10. The van der Waals surface area contributed by atoms with Gasteiger partial charge in [0.1, 0.15) is 0 Å². The van der Waals surface area contributed by atoms with Crippen molar-refractivity contribution < 1.29 is 19.0 Å². The van der Waals surface area contributed by atoms with Crippen LogP contribution in [-0.2, 0) is 4.74 Å². The second-order valence-electron chi connectivity index (χ2n) is 3.85. The Labute approximate surface area is 110 Å². The normalized spacial score (nSPS) is 10.3. The van der Waals surface area contributed by atoms with Gasteiger partial charge in [-0.2, -0.15) is 0 Å². The number of carbonyl (C=O) groups is 1. The van der Waals surface area contributed by atoms with E-state index in [0.717, 1.165) is 0 Å². The predicted octanol–water partition coefficient (Wildman–Crippen LogP) is 1.74. The zero-order valence-corrected chi connectivity index (χ0v) is 11.2. The van der Waals surface area contributed by atoms with E-state index in [9.17, 15) is 4.79 Å². The van der Waals surface area contributed by atoms with Crippen molar-refractivity contribution in [2.24, 2.45) is 0 Å². The third-order valence-corrected chi connectivity index (χ3v) is 2.72. The second-order valence-corrected chi connectivity index (χ2v) is 3.85. The van der Waals surface area contributed by atoms with Crippen LogP contribution in [0.1, 0.15) is 16.2 Å². The lowest BCUT2D eigenvalue weighted by atomic mass is 10.2. The number of aromatic nitrogens is 2. The van der Waals surface area contributed by atoms with Crippen LogP contribution in [0.3, 0.4) is 0 Å². The molecule has 0 amide bonds. The number of hydrogen-bond donors (Lipinski definition) is 0. The number of aryl methyl sites for hydroxylation is 1. The van der Waals surface area contributed by atoms with E-state index in [4.69, 9.17) is 9.47 Å². The van der Waals surface area contributed by atoms with Gasteiger partial charge in [-0.1, -0.05) is 0 Å². The molecule has 0 unspecified atom stereocenters. The van der Waals surface area contributed by atoms with Gasteiger partial charge < -0.3 is 14.2 Å². The topological polar surface area (TPSA) is 70.5 Å². The van der Waals surface area contributed by atoms with Crippen LogP contribution in [0.5, 0.6) is 11.5 Å². The van der Waals surface area contributed by atoms with E-state index in [1.807, 2.05) is 0 Å². The second kappa shape index (κ2) is 5.09. The monoisotopic (exact) mass is 262 g/mol. The van der Waals surface area contributed by atoms with Gasteiger partial charge in [-0.05, 0) is 6.92 Å². The fourth-order valence-corrected chi connectivity index (χ4v) is 1.76. The summed E-state index contributed by atoms with van der Waals surface area (Å²) in [5.74, 6) is 0.583. The van der Waals surface area contributed by atoms with Gasteiger partial charge in [-0.15, -0.1) is 0 Å². The molecule has 2 aromatic rings. The molecule has 2 rings (SSSR count). The number of carbonyl (C=O) groups excluding carboxylic acids is 1. The summed E-state index contributed by atoms with van der Waals surface area (Å²) in [5, 5.41) is 0. The van der Waals surface area contributed by atoms with Gasteiger partial charge >= 0.3 is 5.97 Å². The highest BCUT2D eigenvalue weighted by atomic mass is 16.5. The van der Waals surface area contributed by atoms with Crippen LogP contribution < -0.4 is 9.47 Å². The fourth-order valence-electron chi connectivity index (χ4n) is 1.76. The number of methoxy groups -OCH3 is 3. The number of rotatable bonds is 3. The number of esters is 1. The molecule has 0 atom stereocenters. The van der Waals surface area contributed by atoms with E-state index in [1.165, 1.54) is 14.2 Å². The summed E-state index contributed by atoms with van der Waals surface area (Å²) in [5.41, 5.74) is 1.88. The first kappa shape index (κ1) is 13.1. The lowest BCUT2D eigenvalue weighted by Crippen LogP contribution is -2.09. The Kier molecular flexibility index (Phi) is 3.50. The number of benzene rings is 1. The summed E-state index contributed by atoms with van der Waals surface area (Å²) in [6.07, 6.45) is 0. The van der Waals surface area contributed by atoms with Crippen LogP contribution in [0.15, 0.2) is 12.1 Å². The van der Waals surface area contributed by atoms with Crippen LogP contribution in [-0.4, -0.2) is 37.3 Å². The molecular weight excluding hydrogens is 248 g/mol. The smallest absolute Gasteiger partial charge is 0.358 e. The molecule has 0 spiro atoms.